The van der Waals surface area contributed by atoms with E-state index in [1.807, 2.05) is 24.3 Å². The van der Waals surface area contributed by atoms with Crippen LogP contribution in [0.3, 0.4) is 0 Å². The van der Waals surface area contributed by atoms with E-state index in [4.69, 9.17) is 11.5 Å². The van der Waals surface area contributed by atoms with Crippen molar-refractivity contribution in [3.63, 3.8) is 0 Å². The molecule has 1 aromatic carbocycles. The fraction of sp³-hybridized carbons (Fsp3) is 0.678. The molecule has 130 heavy (non-hydrogen) atoms. The van der Waals surface area contributed by atoms with Gasteiger partial charge in [-0.25, -0.2) is 0 Å². The molecule has 11 unspecified atom stereocenters. The number of aromatic nitrogens is 1. The first-order chi connectivity index (χ1) is 59.8. The Labute approximate surface area is 759 Å². The largest absolute Gasteiger partial charge is 0.394 e. The Morgan fingerprint density at radius 3 is 1.40 bits per heavy atom. The van der Waals surface area contributed by atoms with E-state index in [1.165, 1.54) is 130 Å². The van der Waals surface area contributed by atoms with Crippen molar-refractivity contribution < 1.29 is 106 Å². The Balaban J connectivity index is 1.69. The summed E-state index contributed by atoms with van der Waals surface area (Å²) in [7, 11) is 0. The number of hydrogen-bond acceptors (Lipinski definition) is 22. The summed E-state index contributed by atoms with van der Waals surface area (Å²) in [6.07, 6.45) is 0.808. The van der Waals surface area contributed by atoms with Crippen LogP contribution in [0, 0.1) is 17.8 Å². The molecule has 1 aromatic heterocycles. The van der Waals surface area contributed by atoms with Crippen molar-refractivity contribution in [2.45, 2.75) is 335 Å². The Kier molecular flexibility index (Phi) is 41.1. The summed E-state index contributed by atoms with van der Waals surface area (Å²) in [5.41, 5.74) is -1.58. The number of benzene rings is 1. The molecule has 0 radical (unpaired) electrons. The van der Waals surface area contributed by atoms with Crippen LogP contribution in [0.15, 0.2) is 30.5 Å². The van der Waals surface area contributed by atoms with E-state index in [0.29, 0.717) is 6.42 Å². The lowest BCUT2D eigenvalue weighted by atomic mass is 9.92. The van der Waals surface area contributed by atoms with Gasteiger partial charge in [0.05, 0.1) is 25.8 Å². The lowest BCUT2D eigenvalue weighted by Gasteiger charge is -2.36. The molecule has 1 fully saturated rings. The van der Waals surface area contributed by atoms with E-state index in [1.54, 1.807) is 47.7 Å². The normalized spacial score (nSPS) is 15.9. The van der Waals surface area contributed by atoms with Gasteiger partial charge in [-0.3, -0.25) is 95.9 Å². The summed E-state index contributed by atoms with van der Waals surface area (Å²) >= 11 is 0. The molecular formula is C87H143N21O22. The number of amides is 20. The highest BCUT2D eigenvalue weighted by molar-refractivity contribution is 6.04. The van der Waals surface area contributed by atoms with E-state index in [9.17, 15) is 106 Å². The Morgan fingerprint density at radius 1 is 0.454 bits per heavy atom. The molecule has 11 atom stereocenters. The van der Waals surface area contributed by atoms with Crippen LogP contribution in [-0.2, 0) is 102 Å². The number of nitrogens with two attached hydrogens (primary N) is 2. The second kappa shape index (κ2) is 47.6. The third-order valence-electron chi connectivity index (χ3n) is 22.3. The Morgan fingerprint density at radius 2 is 0.892 bits per heavy atom. The van der Waals surface area contributed by atoms with Gasteiger partial charge in [-0.15, -0.1) is 0 Å². The number of likely N-dealkylation sites (tertiary alicyclic amines) is 1. The molecule has 43 nitrogen and oxygen atoms in total. The molecule has 1 aliphatic heterocycles. The number of primary amides is 2. The van der Waals surface area contributed by atoms with Crippen molar-refractivity contribution in [1.29, 1.82) is 0 Å². The predicted octanol–water partition coefficient (Wildman–Crippen LogP) is -3.06. The molecule has 20 amide bonds. The lowest BCUT2D eigenvalue weighted by molar-refractivity contribution is -0.145. The maximum absolute atomic E-state index is 14.6. The number of hydrogen-bond donors (Lipinski definition) is 22. The molecule has 0 saturated carbocycles. The second-order valence-corrected chi connectivity index (χ2v) is 38.1. The molecule has 43 heteroatoms. The van der Waals surface area contributed by atoms with E-state index in [-0.39, 0.29) is 69.7 Å². The standard InChI is InChI=1S/C87H143N21O22/c1-25-86(23,105-67(118)55(34-36-61(89)113)97-77(128)87(24,26-2)107-76(127)84(19,20)101-64(115)48(9)92-66(117)58(44-110)98-73(124)81(13,14)100-49(10)111)78(129)99-63(47(7)8)71(122)104-80(11,12)72(123)91-42-62(114)94-56(38-45(3)4)68(119)103-85(21,22)79(130)108-37-29-32-59(108)70(121)95-57(39-46(5)6)69(120)102-83(17,18)75(126)106-82(15,16)74(125)96-54(33-35-60(88)112)65(116)93-51(43-109)40-50-41-90-53-31-28-27-30-52(50)53/h27-28,30-31,41,45-48,51,54-59,63,90,109-110H,25-26,29,32-40,42-44H2,1-24H3,(H2,88,112)(H2,89,113)(H,91,123)(H,92,117)(H,93,116)(H,94,114)(H,95,121)(H,96,125)(H,97,128)(H,98,124)(H,99,129)(H,100,111)(H,101,115)(H,102,120)(H,103,119)(H,104,122)(H,105,118)(H,106,126)(H,107,127). The number of aliphatic hydroxyl groups is 2. The number of H-pyrrole nitrogens is 1. The Bertz CT molecular complexity index is 4480. The third kappa shape index (κ3) is 33.2. The van der Waals surface area contributed by atoms with Gasteiger partial charge in [-0.05, 0) is 191 Å². The number of fused-ring (bicyclic) bond motifs is 1. The van der Waals surface area contributed by atoms with Crippen molar-refractivity contribution in [2.75, 3.05) is 26.3 Å². The fourth-order valence-corrected chi connectivity index (χ4v) is 13.7. The zero-order valence-electron chi connectivity index (χ0n) is 79.6. The average molecular weight is 1840 g/mol. The molecular weight excluding hydrogens is 1690 g/mol. The van der Waals surface area contributed by atoms with Crippen LogP contribution < -0.4 is 102 Å². The van der Waals surface area contributed by atoms with Gasteiger partial charge in [0.2, 0.25) is 118 Å². The van der Waals surface area contributed by atoms with Gasteiger partial charge in [0.1, 0.15) is 92.6 Å². The van der Waals surface area contributed by atoms with Gasteiger partial charge in [0.15, 0.2) is 0 Å². The topological polar surface area (TPSA) is 657 Å². The maximum Gasteiger partial charge on any atom is 0.248 e. The molecule has 3 rings (SSSR count). The number of carbonyl (C=O) groups excluding carboxylic acids is 20. The highest BCUT2D eigenvalue weighted by Crippen LogP contribution is 2.26. The smallest absolute Gasteiger partial charge is 0.248 e. The minimum Gasteiger partial charge on any atom is -0.394 e. The fourth-order valence-electron chi connectivity index (χ4n) is 13.7. The second-order valence-electron chi connectivity index (χ2n) is 38.1. The summed E-state index contributed by atoms with van der Waals surface area (Å²) < 4.78 is 0. The van der Waals surface area contributed by atoms with Crippen LogP contribution in [0.4, 0.5) is 0 Å². The van der Waals surface area contributed by atoms with Gasteiger partial charge in [0.25, 0.3) is 0 Å². The maximum atomic E-state index is 14.6. The summed E-state index contributed by atoms with van der Waals surface area (Å²) in [6, 6.07) is -4.43. The van der Waals surface area contributed by atoms with Gasteiger partial charge in [0, 0.05) is 43.4 Å². The Hall–Kier alpha value is -11.9. The van der Waals surface area contributed by atoms with Crippen molar-refractivity contribution in [3.8, 4) is 0 Å². The summed E-state index contributed by atoms with van der Waals surface area (Å²) in [5, 5.41) is 64.7. The molecule has 728 valence electrons. The minimum atomic E-state index is -1.87. The van der Waals surface area contributed by atoms with Crippen molar-refractivity contribution >= 4 is 129 Å². The predicted molar refractivity (Wildman–Crippen MR) is 478 cm³/mol. The highest BCUT2D eigenvalue weighted by atomic mass is 16.3. The van der Waals surface area contributed by atoms with Crippen LogP contribution in [0.1, 0.15) is 236 Å². The summed E-state index contributed by atoms with van der Waals surface area (Å²) in [4.78, 5) is 278. The minimum absolute atomic E-state index is 0.0253. The van der Waals surface area contributed by atoms with Crippen molar-refractivity contribution in [1.82, 2.24) is 100 Å². The van der Waals surface area contributed by atoms with E-state index in [0.717, 1.165) is 16.5 Å². The number of aliphatic hydroxyl groups excluding tert-OH is 2. The van der Waals surface area contributed by atoms with Gasteiger partial charge >= 0.3 is 0 Å². The monoisotopic (exact) mass is 1830 g/mol. The highest BCUT2D eigenvalue weighted by Gasteiger charge is 2.48. The molecule has 1 aliphatic rings. The van der Waals surface area contributed by atoms with Gasteiger partial charge in [-0.1, -0.05) is 73.6 Å². The number of para-hydroxylation sites is 1. The molecule has 0 spiro atoms. The van der Waals surface area contributed by atoms with Crippen LogP contribution in [0.5, 0.6) is 0 Å². The molecule has 0 aliphatic carbocycles. The molecule has 0 bridgehead atoms. The first-order valence-corrected chi connectivity index (χ1v) is 43.7. The van der Waals surface area contributed by atoms with Crippen molar-refractivity contribution in [2.24, 2.45) is 29.2 Å². The van der Waals surface area contributed by atoms with Crippen LogP contribution in [0.2, 0.25) is 0 Å². The summed E-state index contributed by atoms with van der Waals surface area (Å²) in [6.45, 7) is 32.4. The van der Waals surface area contributed by atoms with E-state index in [2.05, 4.69) is 95.4 Å². The van der Waals surface area contributed by atoms with Gasteiger partial charge < -0.3 is 122 Å². The summed E-state index contributed by atoms with van der Waals surface area (Å²) in [5.74, 6) is -18.0. The molecule has 2 heterocycles. The number of rotatable bonds is 51. The zero-order chi connectivity index (χ0) is 99.7. The van der Waals surface area contributed by atoms with Crippen LogP contribution >= 0.6 is 0 Å². The van der Waals surface area contributed by atoms with Crippen LogP contribution in [0.25, 0.3) is 10.9 Å². The number of aromatic amines is 1. The lowest BCUT2D eigenvalue weighted by Crippen LogP contribution is -2.67. The number of carbonyl (C=O) groups is 20. The molecule has 2 aromatic rings. The van der Waals surface area contributed by atoms with E-state index >= 15 is 0 Å². The van der Waals surface area contributed by atoms with Crippen LogP contribution in [-0.4, -0.2) is 263 Å². The third-order valence-corrected chi connectivity index (χ3v) is 22.3. The average Bonchev–Trinajstić information content (AvgIpc) is 1.52. The quantitative estimate of drug-likeness (QED) is 0.0313. The zero-order valence-corrected chi connectivity index (χ0v) is 79.6. The van der Waals surface area contributed by atoms with E-state index < -0.39 is 255 Å². The number of nitrogens with one attached hydrogen (secondary N) is 18. The number of nitrogens with zero attached hydrogens (tertiary/aromatic N) is 1. The molecule has 24 N–H and O–H groups in total. The van der Waals surface area contributed by atoms with Crippen molar-refractivity contribution in [3.05, 3.63) is 36.0 Å². The first-order valence-electron chi connectivity index (χ1n) is 43.7. The SMILES string of the molecule is CCC(C)(NC(=O)C(CCC(N)=O)NC(=O)C(C)(CC)NC(=O)C(C)(C)NC(=O)C(C)NC(=O)C(CO)NC(=O)C(C)(C)NC(C)=O)C(=O)NC(C(=O)NC(C)(C)C(=O)NCC(=O)NC(CC(C)C)C(=O)NC(C)(C)C(=O)N1CCCC1C(=O)NC(CC(C)C)C(=O)NC(C)(C)C(=O)NC(C)(C)C(=O)NC(CCC(N)=O)C(=O)NC(CO)Cc1c[nH]c2ccccc12)C(C)C. The first kappa shape index (κ1) is 112. The van der Waals surface area contributed by atoms with Gasteiger partial charge in [-0.2, -0.15) is 0 Å². The molecule has 1 saturated heterocycles.